The number of benzene rings is 2. The molecule has 0 unspecified atom stereocenters. The van der Waals surface area contributed by atoms with Crippen molar-refractivity contribution in [3.05, 3.63) is 59.0 Å². The summed E-state index contributed by atoms with van der Waals surface area (Å²) in [7, 11) is 1.60. The molecule has 0 saturated carbocycles. The maximum absolute atomic E-state index is 12.8. The van der Waals surface area contributed by atoms with Crippen LogP contribution < -0.4 is 9.47 Å². The van der Waals surface area contributed by atoms with Crippen molar-refractivity contribution in [2.24, 2.45) is 4.99 Å². The molecular formula is C21H22N2O3S. The third-order valence-electron chi connectivity index (χ3n) is 3.99. The van der Waals surface area contributed by atoms with Crippen LogP contribution in [0.1, 0.15) is 19.4 Å². The highest BCUT2D eigenvalue weighted by atomic mass is 32.2. The predicted octanol–water partition coefficient (Wildman–Crippen LogP) is 4.72. The lowest BCUT2D eigenvalue weighted by atomic mass is 10.1. The quantitative estimate of drug-likeness (QED) is 0.679. The molecule has 140 valence electrons. The number of hydrogen-bond acceptors (Lipinski definition) is 5. The third-order valence-corrected chi connectivity index (χ3v) is 5.00. The topological polar surface area (TPSA) is 51.1 Å². The van der Waals surface area contributed by atoms with Crippen LogP contribution in [0.3, 0.4) is 0 Å². The number of thioether (sulfide) groups is 1. The number of amides is 1. The van der Waals surface area contributed by atoms with Crippen molar-refractivity contribution in [1.82, 2.24) is 4.90 Å². The molecule has 0 spiro atoms. The molecule has 3 rings (SSSR count). The molecular weight excluding hydrogens is 360 g/mol. The lowest BCUT2D eigenvalue weighted by Crippen LogP contribution is -2.28. The highest BCUT2D eigenvalue weighted by Crippen LogP contribution is 2.38. The van der Waals surface area contributed by atoms with Gasteiger partial charge in [0, 0.05) is 12.1 Å². The van der Waals surface area contributed by atoms with Crippen molar-refractivity contribution < 1.29 is 14.3 Å². The van der Waals surface area contributed by atoms with Gasteiger partial charge in [0.15, 0.2) is 16.7 Å². The zero-order valence-corrected chi connectivity index (χ0v) is 16.5. The second-order valence-electron chi connectivity index (χ2n) is 5.70. The molecule has 1 saturated heterocycles. The summed E-state index contributed by atoms with van der Waals surface area (Å²) in [4.78, 5) is 19.8. The fourth-order valence-corrected chi connectivity index (χ4v) is 3.78. The van der Waals surface area contributed by atoms with E-state index in [-0.39, 0.29) is 5.91 Å². The van der Waals surface area contributed by atoms with Crippen LogP contribution in [0, 0.1) is 0 Å². The van der Waals surface area contributed by atoms with E-state index >= 15 is 0 Å². The van der Waals surface area contributed by atoms with Crippen LogP contribution in [0.2, 0.25) is 0 Å². The van der Waals surface area contributed by atoms with Crippen molar-refractivity contribution in [2.45, 2.75) is 13.8 Å². The van der Waals surface area contributed by atoms with Crippen molar-refractivity contribution in [1.29, 1.82) is 0 Å². The van der Waals surface area contributed by atoms with E-state index in [0.29, 0.717) is 34.7 Å². The number of rotatable bonds is 6. The fourth-order valence-electron chi connectivity index (χ4n) is 2.73. The van der Waals surface area contributed by atoms with Gasteiger partial charge in [-0.3, -0.25) is 9.69 Å². The van der Waals surface area contributed by atoms with E-state index < -0.39 is 0 Å². The van der Waals surface area contributed by atoms with Crippen LogP contribution in [0.25, 0.3) is 6.08 Å². The van der Waals surface area contributed by atoms with Crippen molar-refractivity contribution in [2.75, 3.05) is 20.3 Å². The molecule has 1 heterocycles. The molecule has 0 N–H and O–H groups in total. The first kappa shape index (κ1) is 19.0. The zero-order chi connectivity index (χ0) is 19.2. The van der Waals surface area contributed by atoms with Gasteiger partial charge in [-0.2, -0.15) is 0 Å². The number of para-hydroxylation sites is 2. The first-order valence-electron chi connectivity index (χ1n) is 8.82. The summed E-state index contributed by atoms with van der Waals surface area (Å²) >= 11 is 1.37. The summed E-state index contributed by atoms with van der Waals surface area (Å²) in [6.07, 6.45) is 1.84. The Morgan fingerprint density at radius 2 is 1.89 bits per heavy atom. The molecule has 1 amide bonds. The molecule has 5 nitrogen and oxygen atoms in total. The molecule has 0 aliphatic carbocycles. The molecule has 0 atom stereocenters. The van der Waals surface area contributed by atoms with E-state index in [0.717, 1.165) is 11.3 Å². The zero-order valence-electron chi connectivity index (χ0n) is 15.6. The summed E-state index contributed by atoms with van der Waals surface area (Å²) in [5.41, 5.74) is 1.63. The minimum absolute atomic E-state index is 0.0533. The average molecular weight is 382 g/mol. The van der Waals surface area contributed by atoms with Gasteiger partial charge in [0.05, 0.1) is 24.3 Å². The normalized spacial score (nSPS) is 17.0. The molecule has 0 radical (unpaired) electrons. The van der Waals surface area contributed by atoms with Crippen LogP contribution in [0.4, 0.5) is 5.69 Å². The molecule has 1 aliphatic rings. The Balaban J connectivity index is 1.98. The van der Waals surface area contributed by atoms with Crippen LogP contribution in [-0.2, 0) is 4.79 Å². The Kier molecular flexibility index (Phi) is 6.19. The molecule has 0 bridgehead atoms. The van der Waals surface area contributed by atoms with E-state index in [2.05, 4.69) is 4.99 Å². The third kappa shape index (κ3) is 4.17. The van der Waals surface area contributed by atoms with E-state index in [4.69, 9.17) is 9.47 Å². The number of methoxy groups -OCH3 is 1. The van der Waals surface area contributed by atoms with Crippen molar-refractivity contribution >= 4 is 34.6 Å². The summed E-state index contributed by atoms with van der Waals surface area (Å²) in [6, 6.07) is 15.3. The number of carbonyl (C=O) groups excluding carboxylic acids is 1. The summed E-state index contributed by atoms with van der Waals surface area (Å²) in [5, 5.41) is 0.681. The molecule has 2 aromatic carbocycles. The average Bonchev–Trinajstić information content (AvgIpc) is 2.98. The van der Waals surface area contributed by atoms with Gasteiger partial charge >= 0.3 is 0 Å². The largest absolute Gasteiger partial charge is 0.493 e. The van der Waals surface area contributed by atoms with Gasteiger partial charge in [-0.05, 0) is 49.9 Å². The van der Waals surface area contributed by atoms with Crippen LogP contribution >= 0.6 is 11.8 Å². The van der Waals surface area contributed by atoms with Crippen molar-refractivity contribution in [3.63, 3.8) is 0 Å². The fraction of sp³-hybridized carbons (Fsp3) is 0.238. The molecule has 6 heteroatoms. The highest BCUT2D eigenvalue weighted by Gasteiger charge is 2.32. The number of hydrogen-bond donors (Lipinski definition) is 0. The maximum Gasteiger partial charge on any atom is 0.266 e. The van der Waals surface area contributed by atoms with Gasteiger partial charge in [-0.25, -0.2) is 4.99 Å². The van der Waals surface area contributed by atoms with E-state index in [1.165, 1.54) is 11.8 Å². The smallest absolute Gasteiger partial charge is 0.266 e. The molecule has 2 aromatic rings. The van der Waals surface area contributed by atoms with E-state index in [1.54, 1.807) is 12.0 Å². The lowest BCUT2D eigenvalue weighted by Gasteiger charge is -2.12. The second kappa shape index (κ2) is 8.77. The SMILES string of the molecule is CCOc1c(C=C2SC(=Nc3ccccc3)N(CC)C2=O)cccc1OC. The lowest BCUT2D eigenvalue weighted by molar-refractivity contribution is -0.122. The van der Waals surface area contributed by atoms with Gasteiger partial charge < -0.3 is 9.47 Å². The van der Waals surface area contributed by atoms with Gasteiger partial charge in [-0.1, -0.05) is 30.3 Å². The monoisotopic (exact) mass is 382 g/mol. The molecule has 1 aliphatic heterocycles. The van der Waals surface area contributed by atoms with Crippen LogP contribution in [0.15, 0.2) is 58.4 Å². The Morgan fingerprint density at radius 3 is 2.56 bits per heavy atom. The Labute approximate surface area is 163 Å². The number of carbonyl (C=O) groups is 1. The molecule has 0 aromatic heterocycles. The van der Waals surface area contributed by atoms with Gasteiger partial charge in [0.2, 0.25) is 0 Å². The van der Waals surface area contributed by atoms with Gasteiger partial charge in [0.1, 0.15) is 0 Å². The number of amidine groups is 1. The Hall–Kier alpha value is -2.73. The summed E-state index contributed by atoms with van der Waals surface area (Å²) in [6.45, 7) is 4.94. The first-order chi connectivity index (χ1) is 13.2. The second-order valence-corrected chi connectivity index (χ2v) is 6.71. The number of likely N-dealkylation sites (N-methyl/N-ethyl adjacent to an activating group) is 1. The number of ether oxygens (including phenoxy) is 2. The number of aliphatic imine (C=N–C) groups is 1. The summed E-state index contributed by atoms with van der Waals surface area (Å²) in [5.74, 6) is 1.23. The minimum atomic E-state index is -0.0533. The van der Waals surface area contributed by atoms with Crippen LogP contribution in [-0.4, -0.2) is 36.2 Å². The van der Waals surface area contributed by atoms with E-state index in [9.17, 15) is 4.79 Å². The predicted molar refractivity (Wildman–Crippen MR) is 111 cm³/mol. The number of nitrogens with zero attached hydrogens (tertiary/aromatic N) is 2. The Morgan fingerprint density at radius 1 is 1.11 bits per heavy atom. The summed E-state index contributed by atoms with van der Waals surface area (Å²) < 4.78 is 11.1. The highest BCUT2D eigenvalue weighted by molar-refractivity contribution is 8.18. The molecule has 1 fully saturated rings. The maximum atomic E-state index is 12.8. The minimum Gasteiger partial charge on any atom is -0.493 e. The van der Waals surface area contributed by atoms with Crippen molar-refractivity contribution in [3.8, 4) is 11.5 Å². The Bertz CT molecular complexity index is 878. The molecule has 27 heavy (non-hydrogen) atoms. The first-order valence-corrected chi connectivity index (χ1v) is 9.64. The standard InChI is InChI=1S/C21H22N2O3S/c1-4-23-20(24)18(27-21(23)22-16-11-7-6-8-12-16)14-15-10-9-13-17(25-3)19(15)26-5-2/h6-14H,4-5H2,1-3H3. The van der Waals surface area contributed by atoms with Gasteiger partial charge in [0.25, 0.3) is 5.91 Å². The van der Waals surface area contributed by atoms with Crippen LogP contribution in [0.5, 0.6) is 11.5 Å². The van der Waals surface area contributed by atoms with E-state index in [1.807, 2.05) is 68.5 Å². The van der Waals surface area contributed by atoms with Gasteiger partial charge in [-0.15, -0.1) is 0 Å².